The summed E-state index contributed by atoms with van der Waals surface area (Å²) in [7, 11) is -0.671. The van der Waals surface area contributed by atoms with Crippen molar-refractivity contribution in [3.05, 3.63) is 0 Å². The summed E-state index contributed by atoms with van der Waals surface area (Å²) in [5.74, 6) is 1.63. The first-order valence-electron chi connectivity index (χ1n) is 6.08. The van der Waals surface area contributed by atoms with Crippen molar-refractivity contribution in [1.82, 2.24) is 5.32 Å². The van der Waals surface area contributed by atoms with Crippen molar-refractivity contribution >= 4 is 10.8 Å². The zero-order chi connectivity index (χ0) is 11.4. The van der Waals surface area contributed by atoms with E-state index in [2.05, 4.69) is 26.1 Å². The Morgan fingerprint density at radius 2 is 1.93 bits per heavy atom. The van der Waals surface area contributed by atoms with Gasteiger partial charge in [0, 0.05) is 28.3 Å². The Hall–Kier alpha value is 0.110. The smallest absolute Gasteiger partial charge is 0.0329 e. The molecule has 3 atom stereocenters. The van der Waals surface area contributed by atoms with Crippen LogP contribution in [0.15, 0.2) is 0 Å². The third kappa shape index (κ3) is 4.64. The van der Waals surface area contributed by atoms with Gasteiger partial charge >= 0.3 is 0 Å². The van der Waals surface area contributed by atoms with E-state index >= 15 is 0 Å². The zero-order valence-corrected chi connectivity index (χ0v) is 11.3. The molecule has 0 aromatic heterocycles. The topological polar surface area (TPSA) is 29.1 Å². The van der Waals surface area contributed by atoms with Gasteiger partial charge in [-0.3, -0.25) is 4.21 Å². The highest BCUT2D eigenvalue weighted by molar-refractivity contribution is 7.84. The molecule has 0 aromatic carbocycles. The van der Waals surface area contributed by atoms with Crippen molar-refractivity contribution in [3.63, 3.8) is 0 Å². The van der Waals surface area contributed by atoms with Crippen molar-refractivity contribution < 1.29 is 4.21 Å². The van der Waals surface area contributed by atoms with E-state index in [4.69, 9.17) is 0 Å². The first kappa shape index (κ1) is 13.2. The van der Waals surface area contributed by atoms with Crippen LogP contribution >= 0.6 is 0 Å². The lowest BCUT2D eigenvalue weighted by molar-refractivity contribution is 0.359. The summed E-state index contributed by atoms with van der Waals surface area (Å²) in [6.07, 6.45) is 5.61. The lowest BCUT2D eigenvalue weighted by Crippen LogP contribution is -2.37. The van der Waals surface area contributed by atoms with Crippen molar-refractivity contribution in [3.8, 4) is 0 Å². The van der Waals surface area contributed by atoms with E-state index in [9.17, 15) is 4.21 Å². The van der Waals surface area contributed by atoms with E-state index in [1.807, 2.05) is 0 Å². The Morgan fingerprint density at radius 3 is 2.33 bits per heavy atom. The third-order valence-electron chi connectivity index (χ3n) is 3.35. The minimum absolute atomic E-state index is 0.324. The van der Waals surface area contributed by atoms with Crippen LogP contribution in [0.4, 0.5) is 0 Å². The molecule has 0 amide bonds. The maximum absolute atomic E-state index is 11.2. The molecule has 1 saturated carbocycles. The van der Waals surface area contributed by atoms with Crippen LogP contribution < -0.4 is 5.32 Å². The highest BCUT2D eigenvalue weighted by atomic mass is 32.2. The minimum atomic E-state index is -0.671. The molecule has 0 radical (unpaired) electrons. The highest BCUT2D eigenvalue weighted by Crippen LogP contribution is 2.35. The fraction of sp³-hybridized carbons (Fsp3) is 1.00. The normalized spacial score (nSPS) is 22.7. The quantitative estimate of drug-likeness (QED) is 0.727. The molecule has 15 heavy (non-hydrogen) atoms. The maximum atomic E-state index is 11.2. The van der Waals surface area contributed by atoms with E-state index in [1.165, 1.54) is 12.8 Å². The van der Waals surface area contributed by atoms with Gasteiger partial charge in [0.15, 0.2) is 0 Å². The summed E-state index contributed by atoms with van der Waals surface area (Å²) in [4.78, 5) is 0. The summed E-state index contributed by atoms with van der Waals surface area (Å²) < 4.78 is 11.2. The molecule has 0 bridgehead atoms. The maximum Gasteiger partial charge on any atom is 0.0329 e. The summed E-state index contributed by atoms with van der Waals surface area (Å²) >= 11 is 0. The van der Waals surface area contributed by atoms with Gasteiger partial charge in [0.25, 0.3) is 0 Å². The van der Waals surface area contributed by atoms with Gasteiger partial charge in [0.05, 0.1) is 0 Å². The predicted octanol–water partition coefficient (Wildman–Crippen LogP) is 2.17. The summed E-state index contributed by atoms with van der Waals surface area (Å²) in [6.45, 7) is 7.66. The second-order valence-corrected chi connectivity index (χ2v) is 6.96. The van der Waals surface area contributed by atoms with E-state index < -0.39 is 10.8 Å². The average molecular weight is 231 g/mol. The van der Waals surface area contributed by atoms with Gasteiger partial charge in [-0.15, -0.1) is 0 Å². The molecule has 1 fully saturated rings. The molecular weight excluding hydrogens is 206 g/mol. The van der Waals surface area contributed by atoms with Gasteiger partial charge in [0.1, 0.15) is 0 Å². The van der Waals surface area contributed by atoms with Crippen molar-refractivity contribution in [2.75, 3.05) is 12.8 Å². The lowest BCUT2D eigenvalue weighted by atomic mass is 9.99. The Balaban J connectivity index is 2.19. The summed E-state index contributed by atoms with van der Waals surface area (Å²) in [5.41, 5.74) is 0. The lowest BCUT2D eigenvalue weighted by Gasteiger charge is -2.22. The number of nitrogens with one attached hydrogen (secondary N) is 1. The Bertz CT molecular complexity index is 212. The molecule has 0 saturated heterocycles. The average Bonchev–Trinajstić information content (AvgIpc) is 2.94. The molecule has 1 rings (SSSR count). The van der Waals surface area contributed by atoms with Crippen LogP contribution in [0.25, 0.3) is 0 Å². The van der Waals surface area contributed by atoms with Crippen LogP contribution in [0.3, 0.4) is 0 Å². The predicted molar refractivity (Wildman–Crippen MR) is 67.5 cm³/mol. The molecule has 3 unspecified atom stereocenters. The van der Waals surface area contributed by atoms with Crippen molar-refractivity contribution in [2.45, 2.75) is 51.3 Å². The largest absolute Gasteiger partial charge is 0.313 e. The molecular formula is C12H25NOS. The van der Waals surface area contributed by atoms with E-state index in [0.29, 0.717) is 11.3 Å². The van der Waals surface area contributed by atoms with Crippen LogP contribution in [0, 0.1) is 11.8 Å². The SMILES string of the molecule is CC(C)C(NCCC(C)S(C)=O)C1CC1. The van der Waals surface area contributed by atoms with Crippen LogP contribution in [0.5, 0.6) is 0 Å². The highest BCUT2D eigenvalue weighted by Gasteiger charge is 2.32. The number of hydrogen-bond donors (Lipinski definition) is 1. The van der Waals surface area contributed by atoms with Crippen LogP contribution in [0.1, 0.15) is 40.0 Å². The molecule has 90 valence electrons. The van der Waals surface area contributed by atoms with E-state index in [0.717, 1.165) is 24.8 Å². The fourth-order valence-corrected chi connectivity index (χ4v) is 2.47. The second-order valence-electron chi connectivity index (χ2n) is 5.16. The van der Waals surface area contributed by atoms with E-state index in [1.54, 1.807) is 6.26 Å². The molecule has 3 heteroatoms. The molecule has 0 aromatic rings. The fourth-order valence-electron chi connectivity index (χ4n) is 2.02. The van der Waals surface area contributed by atoms with Gasteiger partial charge in [-0.05, 0) is 37.6 Å². The number of hydrogen-bond acceptors (Lipinski definition) is 2. The first-order chi connectivity index (χ1) is 7.02. The van der Waals surface area contributed by atoms with Crippen LogP contribution in [-0.2, 0) is 10.8 Å². The minimum Gasteiger partial charge on any atom is -0.313 e. The first-order valence-corrected chi connectivity index (χ1v) is 7.70. The molecule has 0 spiro atoms. The molecule has 2 nitrogen and oxygen atoms in total. The Morgan fingerprint density at radius 1 is 1.33 bits per heavy atom. The molecule has 1 aliphatic rings. The Labute approximate surface area is 96.7 Å². The molecule has 1 N–H and O–H groups in total. The van der Waals surface area contributed by atoms with Gasteiger partial charge < -0.3 is 5.32 Å². The van der Waals surface area contributed by atoms with Crippen LogP contribution in [0.2, 0.25) is 0 Å². The zero-order valence-electron chi connectivity index (χ0n) is 10.5. The van der Waals surface area contributed by atoms with Gasteiger partial charge in [0.2, 0.25) is 0 Å². The molecule has 0 heterocycles. The van der Waals surface area contributed by atoms with E-state index in [-0.39, 0.29) is 0 Å². The van der Waals surface area contributed by atoms with Crippen LogP contribution in [-0.4, -0.2) is 28.3 Å². The monoisotopic (exact) mass is 231 g/mol. The summed E-state index contributed by atoms with van der Waals surface area (Å²) in [5, 5.41) is 3.96. The van der Waals surface area contributed by atoms with Crippen molar-refractivity contribution in [1.29, 1.82) is 0 Å². The standard InChI is InChI=1S/C12H25NOS/c1-9(2)12(11-5-6-11)13-8-7-10(3)15(4)14/h9-13H,5-8H2,1-4H3. The van der Waals surface area contributed by atoms with Gasteiger partial charge in [-0.25, -0.2) is 0 Å². The third-order valence-corrected chi connectivity index (χ3v) is 4.71. The Kier molecular flexibility index (Phi) is 5.27. The van der Waals surface area contributed by atoms with Gasteiger partial charge in [-0.2, -0.15) is 0 Å². The number of rotatable bonds is 7. The van der Waals surface area contributed by atoms with Gasteiger partial charge in [-0.1, -0.05) is 20.8 Å². The summed E-state index contributed by atoms with van der Waals surface area (Å²) in [6, 6.07) is 0.683. The second kappa shape index (κ2) is 6.00. The molecule has 0 aliphatic heterocycles. The molecule has 1 aliphatic carbocycles. The van der Waals surface area contributed by atoms with Crippen molar-refractivity contribution in [2.24, 2.45) is 11.8 Å².